The van der Waals surface area contributed by atoms with Gasteiger partial charge >= 0.3 is 0 Å². The number of aromatic amines is 1. The Morgan fingerprint density at radius 1 is 1.28 bits per heavy atom. The van der Waals surface area contributed by atoms with E-state index < -0.39 is 0 Å². The minimum Gasteiger partial charge on any atom is -0.493 e. The zero-order valence-electron chi connectivity index (χ0n) is 10.9. The van der Waals surface area contributed by atoms with Crippen LogP contribution in [0.5, 0.6) is 5.75 Å². The van der Waals surface area contributed by atoms with Crippen molar-refractivity contribution in [1.29, 1.82) is 0 Å². The number of rotatable bonds is 6. The highest BCUT2D eigenvalue weighted by atomic mass is 16.5. The molecule has 0 fully saturated rings. The topological polar surface area (TPSA) is 37.0 Å². The zero-order chi connectivity index (χ0) is 12.8. The van der Waals surface area contributed by atoms with E-state index in [2.05, 4.69) is 36.3 Å². The van der Waals surface area contributed by atoms with Crippen LogP contribution in [0.15, 0.2) is 42.7 Å². The molecule has 1 aromatic carbocycles. The molecule has 0 spiro atoms. The first-order valence-electron chi connectivity index (χ1n) is 6.32. The molecule has 0 amide bonds. The van der Waals surface area contributed by atoms with Gasteiger partial charge in [-0.25, -0.2) is 0 Å². The third-order valence-corrected chi connectivity index (χ3v) is 2.58. The van der Waals surface area contributed by atoms with Crippen molar-refractivity contribution in [3.8, 4) is 5.75 Å². The Morgan fingerprint density at radius 2 is 2.17 bits per heavy atom. The molecule has 2 N–H and O–H groups in total. The van der Waals surface area contributed by atoms with Crippen LogP contribution in [0.1, 0.15) is 19.4 Å². The Labute approximate surface area is 108 Å². The van der Waals surface area contributed by atoms with Crippen molar-refractivity contribution in [3.63, 3.8) is 0 Å². The number of H-pyrrole nitrogens is 1. The van der Waals surface area contributed by atoms with Crippen molar-refractivity contribution in [2.45, 2.75) is 20.4 Å². The maximum atomic E-state index is 5.70. The number of hydrogen-bond acceptors (Lipinski definition) is 2. The average molecular weight is 244 g/mol. The maximum absolute atomic E-state index is 5.70. The lowest BCUT2D eigenvalue weighted by Crippen LogP contribution is -2.05. The second kappa shape index (κ2) is 6.15. The first kappa shape index (κ1) is 12.6. The maximum Gasteiger partial charge on any atom is 0.121 e. The Hall–Kier alpha value is -1.90. The summed E-state index contributed by atoms with van der Waals surface area (Å²) in [6, 6.07) is 10.1. The van der Waals surface area contributed by atoms with Crippen LogP contribution in [-0.4, -0.2) is 11.6 Å². The summed E-state index contributed by atoms with van der Waals surface area (Å²) in [6.45, 7) is 5.86. The van der Waals surface area contributed by atoms with Crippen LogP contribution in [0, 0.1) is 5.92 Å². The second-order valence-corrected chi connectivity index (χ2v) is 4.81. The summed E-state index contributed by atoms with van der Waals surface area (Å²) in [4.78, 5) is 3.05. The lowest BCUT2D eigenvalue weighted by Gasteiger charge is -2.11. The molecule has 96 valence electrons. The van der Waals surface area contributed by atoms with Gasteiger partial charge in [0.2, 0.25) is 0 Å². The van der Waals surface area contributed by atoms with Gasteiger partial charge < -0.3 is 15.0 Å². The van der Waals surface area contributed by atoms with Gasteiger partial charge in [0.25, 0.3) is 0 Å². The van der Waals surface area contributed by atoms with Gasteiger partial charge in [0.15, 0.2) is 0 Å². The summed E-state index contributed by atoms with van der Waals surface area (Å²) < 4.78 is 5.70. The standard InChI is InChI=1S/C15H20N2O/c1-12(2)11-18-15-5-3-4-14(8-15)17-10-13-6-7-16-9-13/h3-9,12,16-17H,10-11H2,1-2H3. The van der Waals surface area contributed by atoms with Crippen molar-refractivity contribution in [3.05, 3.63) is 48.3 Å². The third kappa shape index (κ3) is 3.84. The lowest BCUT2D eigenvalue weighted by atomic mass is 10.2. The lowest BCUT2D eigenvalue weighted by molar-refractivity contribution is 0.271. The fourth-order valence-electron chi connectivity index (χ4n) is 1.63. The summed E-state index contributed by atoms with van der Waals surface area (Å²) >= 11 is 0. The summed E-state index contributed by atoms with van der Waals surface area (Å²) in [5, 5.41) is 3.38. The summed E-state index contributed by atoms with van der Waals surface area (Å²) in [5.41, 5.74) is 2.32. The molecular formula is C15H20N2O. The second-order valence-electron chi connectivity index (χ2n) is 4.81. The van der Waals surface area contributed by atoms with Gasteiger partial charge in [-0.2, -0.15) is 0 Å². The van der Waals surface area contributed by atoms with Crippen LogP contribution in [0.2, 0.25) is 0 Å². The molecule has 2 aromatic rings. The van der Waals surface area contributed by atoms with Crippen LogP contribution in [0.25, 0.3) is 0 Å². The van der Waals surface area contributed by atoms with Crippen molar-refractivity contribution >= 4 is 5.69 Å². The summed E-state index contributed by atoms with van der Waals surface area (Å²) in [5.74, 6) is 1.46. The van der Waals surface area contributed by atoms with Crippen molar-refractivity contribution in [2.24, 2.45) is 5.92 Å². The van der Waals surface area contributed by atoms with Crippen LogP contribution >= 0.6 is 0 Å². The fourth-order valence-corrected chi connectivity index (χ4v) is 1.63. The van der Waals surface area contributed by atoms with Crippen LogP contribution < -0.4 is 10.1 Å². The van der Waals surface area contributed by atoms with Gasteiger partial charge in [-0.1, -0.05) is 19.9 Å². The SMILES string of the molecule is CC(C)COc1cccc(NCc2cc[nH]c2)c1. The molecule has 0 radical (unpaired) electrons. The average Bonchev–Trinajstić information content (AvgIpc) is 2.87. The monoisotopic (exact) mass is 244 g/mol. The van der Waals surface area contributed by atoms with Crippen LogP contribution in [-0.2, 0) is 6.54 Å². The number of aromatic nitrogens is 1. The summed E-state index contributed by atoms with van der Waals surface area (Å²) in [6.07, 6.45) is 3.92. The molecule has 18 heavy (non-hydrogen) atoms. The molecule has 1 heterocycles. The molecule has 0 atom stereocenters. The molecule has 0 bridgehead atoms. The molecule has 0 unspecified atom stereocenters. The van der Waals surface area contributed by atoms with Gasteiger partial charge in [0.1, 0.15) is 5.75 Å². The molecule has 0 aliphatic carbocycles. The van der Waals surface area contributed by atoms with E-state index in [-0.39, 0.29) is 0 Å². The molecule has 3 nitrogen and oxygen atoms in total. The molecule has 0 saturated carbocycles. The number of ether oxygens (including phenoxy) is 1. The normalized spacial score (nSPS) is 10.6. The van der Waals surface area contributed by atoms with Gasteiger partial charge in [0, 0.05) is 30.7 Å². The number of anilines is 1. The first-order valence-corrected chi connectivity index (χ1v) is 6.32. The largest absolute Gasteiger partial charge is 0.493 e. The van der Waals surface area contributed by atoms with E-state index in [4.69, 9.17) is 4.74 Å². The van der Waals surface area contributed by atoms with E-state index in [1.165, 1.54) is 5.56 Å². The Morgan fingerprint density at radius 3 is 2.89 bits per heavy atom. The van der Waals surface area contributed by atoms with E-state index >= 15 is 0 Å². The Balaban J connectivity index is 1.90. The predicted molar refractivity (Wildman–Crippen MR) is 74.9 cm³/mol. The number of hydrogen-bond donors (Lipinski definition) is 2. The minimum absolute atomic E-state index is 0.543. The van der Waals surface area contributed by atoms with E-state index in [1.807, 2.05) is 30.6 Å². The van der Waals surface area contributed by atoms with Gasteiger partial charge in [0.05, 0.1) is 6.61 Å². The zero-order valence-corrected chi connectivity index (χ0v) is 10.9. The minimum atomic E-state index is 0.543. The Bertz CT molecular complexity index is 463. The van der Waals surface area contributed by atoms with E-state index in [9.17, 15) is 0 Å². The molecule has 0 aliphatic rings. The molecule has 0 saturated heterocycles. The van der Waals surface area contributed by atoms with Crippen LogP contribution in [0.3, 0.4) is 0 Å². The smallest absolute Gasteiger partial charge is 0.121 e. The highest BCUT2D eigenvalue weighted by Gasteiger charge is 1.99. The predicted octanol–water partition coefficient (Wildman–Crippen LogP) is 3.66. The number of nitrogens with one attached hydrogen (secondary N) is 2. The van der Waals surface area contributed by atoms with Crippen molar-refractivity contribution in [1.82, 2.24) is 4.98 Å². The van der Waals surface area contributed by atoms with E-state index in [0.717, 1.165) is 24.6 Å². The molecule has 2 rings (SSSR count). The van der Waals surface area contributed by atoms with Crippen molar-refractivity contribution < 1.29 is 4.74 Å². The molecule has 3 heteroatoms. The highest BCUT2D eigenvalue weighted by molar-refractivity contribution is 5.48. The van der Waals surface area contributed by atoms with E-state index in [0.29, 0.717) is 5.92 Å². The highest BCUT2D eigenvalue weighted by Crippen LogP contribution is 2.18. The van der Waals surface area contributed by atoms with Gasteiger partial charge in [-0.05, 0) is 29.7 Å². The van der Waals surface area contributed by atoms with Gasteiger partial charge in [-0.15, -0.1) is 0 Å². The first-order chi connectivity index (χ1) is 8.74. The quantitative estimate of drug-likeness (QED) is 0.813. The number of benzene rings is 1. The molecular weight excluding hydrogens is 224 g/mol. The molecule has 0 aliphatic heterocycles. The summed E-state index contributed by atoms with van der Waals surface area (Å²) in [7, 11) is 0. The van der Waals surface area contributed by atoms with E-state index in [1.54, 1.807) is 0 Å². The fraction of sp³-hybridized carbons (Fsp3) is 0.333. The van der Waals surface area contributed by atoms with Crippen molar-refractivity contribution in [2.75, 3.05) is 11.9 Å². The third-order valence-electron chi connectivity index (χ3n) is 2.58. The molecule has 1 aromatic heterocycles. The Kier molecular flexibility index (Phi) is 4.29. The van der Waals surface area contributed by atoms with Gasteiger partial charge in [-0.3, -0.25) is 0 Å². The van der Waals surface area contributed by atoms with Crippen LogP contribution in [0.4, 0.5) is 5.69 Å².